The zero-order valence-electron chi connectivity index (χ0n) is 11.7. The van der Waals surface area contributed by atoms with Crippen LogP contribution in [0.25, 0.3) is 0 Å². The number of anilines is 1. The Balaban J connectivity index is 1.82. The van der Waals surface area contributed by atoms with E-state index in [0.29, 0.717) is 30.4 Å². The molecule has 6 nitrogen and oxygen atoms in total. The van der Waals surface area contributed by atoms with Crippen molar-refractivity contribution in [3.63, 3.8) is 0 Å². The largest absolute Gasteiger partial charge is 0.339 e. The van der Waals surface area contributed by atoms with Gasteiger partial charge in [-0.1, -0.05) is 18.1 Å². The van der Waals surface area contributed by atoms with Gasteiger partial charge in [0.25, 0.3) is 0 Å². The predicted octanol–water partition coefficient (Wildman–Crippen LogP) is 2.30. The molecule has 6 heteroatoms. The number of pyridine rings is 1. The minimum atomic E-state index is -0.113. The van der Waals surface area contributed by atoms with Crippen molar-refractivity contribution in [2.75, 3.05) is 5.32 Å². The number of hydrogen-bond acceptors (Lipinski definition) is 5. The van der Waals surface area contributed by atoms with Gasteiger partial charge in [0.1, 0.15) is 5.82 Å². The SMILES string of the molecule is CCCc1noc(CCC(=O)Nc2cccc(C)n2)n1. The molecule has 1 N–H and O–H groups in total. The fourth-order valence-corrected chi connectivity index (χ4v) is 1.76. The van der Waals surface area contributed by atoms with E-state index in [4.69, 9.17) is 4.52 Å². The molecule has 0 aliphatic carbocycles. The summed E-state index contributed by atoms with van der Waals surface area (Å²) in [5.41, 5.74) is 0.865. The zero-order chi connectivity index (χ0) is 14.4. The summed E-state index contributed by atoms with van der Waals surface area (Å²) in [7, 11) is 0. The third kappa shape index (κ3) is 4.15. The highest BCUT2D eigenvalue weighted by Crippen LogP contribution is 2.07. The average molecular weight is 274 g/mol. The van der Waals surface area contributed by atoms with Gasteiger partial charge in [-0.15, -0.1) is 0 Å². The van der Waals surface area contributed by atoms with Crippen LogP contribution in [0.2, 0.25) is 0 Å². The first-order valence-electron chi connectivity index (χ1n) is 6.72. The topological polar surface area (TPSA) is 80.9 Å². The summed E-state index contributed by atoms with van der Waals surface area (Å²) >= 11 is 0. The highest BCUT2D eigenvalue weighted by atomic mass is 16.5. The van der Waals surface area contributed by atoms with Gasteiger partial charge in [-0.2, -0.15) is 4.98 Å². The van der Waals surface area contributed by atoms with E-state index in [1.165, 1.54) is 0 Å². The molecule has 0 saturated heterocycles. The summed E-state index contributed by atoms with van der Waals surface area (Å²) in [6.45, 7) is 3.93. The first-order valence-corrected chi connectivity index (χ1v) is 6.72. The van der Waals surface area contributed by atoms with Gasteiger partial charge in [-0.05, 0) is 25.5 Å². The van der Waals surface area contributed by atoms with E-state index in [1.54, 1.807) is 6.07 Å². The van der Waals surface area contributed by atoms with Crippen molar-refractivity contribution < 1.29 is 9.32 Å². The first kappa shape index (κ1) is 14.2. The van der Waals surface area contributed by atoms with Crippen LogP contribution in [0.4, 0.5) is 5.82 Å². The highest BCUT2D eigenvalue weighted by Gasteiger charge is 2.09. The molecule has 0 spiro atoms. The molecular formula is C14H18N4O2. The van der Waals surface area contributed by atoms with Crippen LogP contribution in [0.5, 0.6) is 0 Å². The zero-order valence-corrected chi connectivity index (χ0v) is 11.7. The van der Waals surface area contributed by atoms with Gasteiger partial charge in [0.15, 0.2) is 5.82 Å². The van der Waals surface area contributed by atoms with Crippen molar-refractivity contribution in [2.45, 2.75) is 39.5 Å². The van der Waals surface area contributed by atoms with E-state index in [1.807, 2.05) is 19.1 Å². The van der Waals surface area contributed by atoms with Crippen LogP contribution in [0.1, 0.15) is 37.2 Å². The van der Waals surface area contributed by atoms with Crippen molar-refractivity contribution in [3.05, 3.63) is 35.6 Å². The van der Waals surface area contributed by atoms with Crippen LogP contribution in [-0.4, -0.2) is 21.0 Å². The molecule has 0 bridgehead atoms. The van der Waals surface area contributed by atoms with E-state index >= 15 is 0 Å². The Morgan fingerprint density at radius 3 is 2.90 bits per heavy atom. The first-order chi connectivity index (χ1) is 9.67. The molecule has 0 saturated carbocycles. The Labute approximate surface area is 117 Å². The Kier molecular flexibility index (Phi) is 4.81. The number of aromatic nitrogens is 3. The smallest absolute Gasteiger partial charge is 0.227 e. The van der Waals surface area contributed by atoms with Crippen molar-refractivity contribution in [1.82, 2.24) is 15.1 Å². The molecule has 0 aliphatic rings. The summed E-state index contributed by atoms with van der Waals surface area (Å²) < 4.78 is 5.08. The Morgan fingerprint density at radius 1 is 1.30 bits per heavy atom. The average Bonchev–Trinajstić information content (AvgIpc) is 2.85. The van der Waals surface area contributed by atoms with Crippen LogP contribution < -0.4 is 5.32 Å². The Bertz CT molecular complexity index is 580. The van der Waals surface area contributed by atoms with E-state index in [-0.39, 0.29) is 5.91 Å². The van der Waals surface area contributed by atoms with Gasteiger partial charge in [0, 0.05) is 25.0 Å². The second-order valence-electron chi connectivity index (χ2n) is 4.57. The molecule has 1 amide bonds. The summed E-state index contributed by atoms with van der Waals surface area (Å²) in [5.74, 6) is 1.65. The van der Waals surface area contributed by atoms with Gasteiger partial charge in [-0.3, -0.25) is 4.79 Å². The van der Waals surface area contributed by atoms with Gasteiger partial charge in [-0.25, -0.2) is 4.98 Å². The molecule has 0 atom stereocenters. The van der Waals surface area contributed by atoms with Gasteiger partial charge >= 0.3 is 0 Å². The number of carbonyl (C=O) groups excluding carboxylic acids is 1. The molecule has 2 rings (SSSR count). The Hall–Kier alpha value is -2.24. The summed E-state index contributed by atoms with van der Waals surface area (Å²) in [6, 6.07) is 5.49. The molecule has 2 aromatic rings. The number of carbonyl (C=O) groups is 1. The van der Waals surface area contributed by atoms with Gasteiger partial charge < -0.3 is 9.84 Å². The van der Waals surface area contributed by atoms with Crippen LogP contribution in [0.3, 0.4) is 0 Å². The van der Waals surface area contributed by atoms with Gasteiger partial charge in [0.2, 0.25) is 11.8 Å². The Morgan fingerprint density at radius 2 is 2.15 bits per heavy atom. The minimum absolute atomic E-state index is 0.113. The van der Waals surface area contributed by atoms with Crippen LogP contribution in [-0.2, 0) is 17.6 Å². The summed E-state index contributed by atoms with van der Waals surface area (Å²) in [5, 5.41) is 6.59. The molecule has 0 aliphatic heterocycles. The molecule has 0 radical (unpaired) electrons. The van der Waals surface area contributed by atoms with Crippen LogP contribution in [0, 0.1) is 6.92 Å². The number of nitrogens with zero attached hydrogens (tertiary/aromatic N) is 3. The number of aryl methyl sites for hydroxylation is 3. The maximum atomic E-state index is 11.8. The highest BCUT2D eigenvalue weighted by molar-refractivity contribution is 5.89. The number of hydrogen-bond donors (Lipinski definition) is 1. The summed E-state index contributed by atoms with van der Waals surface area (Å²) in [6.07, 6.45) is 2.50. The van der Waals surface area contributed by atoms with Crippen molar-refractivity contribution in [1.29, 1.82) is 0 Å². The van der Waals surface area contributed by atoms with E-state index in [0.717, 1.165) is 18.5 Å². The normalized spacial score (nSPS) is 10.5. The molecule has 2 heterocycles. The number of nitrogens with one attached hydrogen (secondary N) is 1. The molecule has 2 aromatic heterocycles. The standard InChI is InChI=1S/C14H18N4O2/c1-3-5-12-17-14(20-18-12)9-8-13(19)16-11-7-4-6-10(2)15-11/h4,6-7H,3,5,8-9H2,1-2H3,(H,15,16,19). The van der Waals surface area contributed by atoms with Crippen LogP contribution in [0.15, 0.2) is 22.7 Å². The third-order valence-electron chi connectivity index (χ3n) is 2.71. The van der Waals surface area contributed by atoms with E-state index in [2.05, 4.69) is 27.4 Å². The van der Waals surface area contributed by atoms with Crippen molar-refractivity contribution >= 4 is 11.7 Å². The maximum Gasteiger partial charge on any atom is 0.227 e. The second-order valence-corrected chi connectivity index (χ2v) is 4.57. The molecule has 20 heavy (non-hydrogen) atoms. The molecule has 0 aromatic carbocycles. The van der Waals surface area contributed by atoms with Crippen molar-refractivity contribution in [3.8, 4) is 0 Å². The number of rotatable bonds is 6. The lowest BCUT2D eigenvalue weighted by Crippen LogP contribution is -2.13. The van der Waals surface area contributed by atoms with Gasteiger partial charge in [0.05, 0.1) is 0 Å². The maximum absolute atomic E-state index is 11.8. The summed E-state index contributed by atoms with van der Waals surface area (Å²) in [4.78, 5) is 20.2. The molecule has 0 fully saturated rings. The lowest BCUT2D eigenvalue weighted by Gasteiger charge is -2.03. The number of amides is 1. The molecule has 0 unspecified atom stereocenters. The second kappa shape index (κ2) is 6.79. The minimum Gasteiger partial charge on any atom is -0.339 e. The fourth-order valence-electron chi connectivity index (χ4n) is 1.76. The van der Waals surface area contributed by atoms with E-state index < -0.39 is 0 Å². The van der Waals surface area contributed by atoms with Crippen molar-refractivity contribution in [2.24, 2.45) is 0 Å². The van der Waals surface area contributed by atoms with E-state index in [9.17, 15) is 4.79 Å². The quantitative estimate of drug-likeness (QED) is 0.874. The third-order valence-corrected chi connectivity index (χ3v) is 2.71. The lowest BCUT2D eigenvalue weighted by atomic mass is 10.3. The monoisotopic (exact) mass is 274 g/mol. The van der Waals surface area contributed by atoms with Crippen LogP contribution >= 0.6 is 0 Å². The predicted molar refractivity (Wildman–Crippen MR) is 74.2 cm³/mol. The fraction of sp³-hybridized carbons (Fsp3) is 0.429. The molecule has 106 valence electrons. The lowest BCUT2D eigenvalue weighted by molar-refractivity contribution is -0.116. The molecular weight excluding hydrogens is 256 g/mol.